The molecule has 27 heavy (non-hydrogen) atoms. The smallest absolute Gasteiger partial charge is 0.414 e. The number of carbonyl (C=O) groups is 1. The molecule has 4 aliphatic rings. The summed E-state index contributed by atoms with van der Waals surface area (Å²) in [6.45, 7) is 1.43. The molecule has 1 N–H and O–H groups in total. The Morgan fingerprint density at radius 2 is 1.81 bits per heavy atom. The molecule has 1 saturated carbocycles. The fourth-order valence-corrected chi connectivity index (χ4v) is 4.50. The van der Waals surface area contributed by atoms with Gasteiger partial charge in [0.25, 0.3) is 0 Å². The molecule has 7 nitrogen and oxygen atoms in total. The molecule has 1 aromatic rings. The third-order valence-electron chi connectivity index (χ3n) is 6.02. The molecule has 0 bridgehead atoms. The molecule has 2 spiro atoms. The van der Waals surface area contributed by atoms with Gasteiger partial charge in [0.1, 0.15) is 11.8 Å². The van der Waals surface area contributed by atoms with Crippen LogP contribution in [-0.2, 0) is 14.2 Å². The van der Waals surface area contributed by atoms with Gasteiger partial charge in [0.2, 0.25) is 0 Å². The number of anilines is 2. The number of nitrogens with zero attached hydrogens (tertiary/aromatic N) is 2. The number of cyclic esters (lactones) is 1. The van der Waals surface area contributed by atoms with Crippen LogP contribution in [0.4, 0.5) is 25.0 Å². The van der Waals surface area contributed by atoms with Gasteiger partial charge in [-0.25, -0.2) is 13.6 Å². The van der Waals surface area contributed by atoms with Crippen LogP contribution < -0.4 is 9.80 Å². The van der Waals surface area contributed by atoms with Crippen molar-refractivity contribution in [2.24, 2.45) is 5.41 Å². The summed E-state index contributed by atoms with van der Waals surface area (Å²) in [7, 11) is 0. The highest BCUT2D eigenvalue weighted by atomic mass is 19.1. The monoisotopic (exact) mass is 382 g/mol. The zero-order valence-electron chi connectivity index (χ0n) is 14.6. The molecule has 9 heteroatoms. The summed E-state index contributed by atoms with van der Waals surface area (Å²) >= 11 is 0. The van der Waals surface area contributed by atoms with E-state index in [2.05, 4.69) is 0 Å². The van der Waals surface area contributed by atoms with Gasteiger partial charge >= 0.3 is 6.09 Å². The Balaban J connectivity index is 1.44. The van der Waals surface area contributed by atoms with Gasteiger partial charge in [-0.05, 0) is 12.8 Å². The Labute approximate surface area is 154 Å². The van der Waals surface area contributed by atoms with Crippen LogP contribution in [0, 0.1) is 17.0 Å². The van der Waals surface area contributed by atoms with Gasteiger partial charge in [-0.1, -0.05) is 0 Å². The number of carbonyl (C=O) groups excluding carboxylic acids is 1. The minimum absolute atomic E-state index is 0.0468. The second-order valence-corrected chi connectivity index (χ2v) is 7.64. The van der Waals surface area contributed by atoms with E-state index < -0.39 is 29.6 Å². The predicted molar refractivity (Wildman–Crippen MR) is 89.6 cm³/mol. The third-order valence-corrected chi connectivity index (χ3v) is 6.02. The Morgan fingerprint density at radius 1 is 1.15 bits per heavy atom. The molecule has 1 aromatic carbocycles. The number of hydrogen-bond acceptors (Lipinski definition) is 6. The fraction of sp³-hybridized carbons (Fsp3) is 0.611. The number of hydrogen-bond donors (Lipinski definition) is 1. The van der Waals surface area contributed by atoms with Crippen molar-refractivity contribution in [1.82, 2.24) is 0 Å². The maximum absolute atomic E-state index is 14.9. The van der Waals surface area contributed by atoms with Crippen molar-refractivity contribution in [3.8, 4) is 0 Å². The zero-order chi connectivity index (χ0) is 18.8. The number of ether oxygens (including phenoxy) is 3. The van der Waals surface area contributed by atoms with Crippen LogP contribution in [0.15, 0.2) is 12.1 Å². The van der Waals surface area contributed by atoms with E-state index in [1.807, 2.05) is 0 Å². The van der Waals surface area contributed by atoms with E-state index in [1.165, 1.54) is 0 Å². The van der Waals surface area contributed by atoms with Crippen LogP contribution in [0.25, 0.3) is 0 Å². The average molecular weight is 382 g/mol. The lowest BCUT2D eigenvalue weighted by atomic mass is 10.00. The standard InChI is InChI=1S/C18H20F2N2O5/c19-13-5-11(22-7-12(8-23)27-16(22)24)6-14(20)15(13)21-9-17(1-2-17)18(10-21)25-3-4-26-18/h5-6,12,23H,1-4,7-10H2. The maximum atomic E-state index is 14.9. The van der Waals surface area contributed by atoms with Gasteiger partial charge in [-0.15, -0.1) is 0 Å². The first-order valence-electron chi connectivity index (χ1n) is 9.08. The molecule has 146 valence electrons. The topological polar surface area (TPSA) is 71.5 Å². The summed E-state index contributed by atoms with van der Waals surface area (Å²) in [5.41, 5.74) is -0.265. The molecule has 4 fully saturated rings. The zero-order valence-corrected chi connectivity index (χ0v) is 14.6. The normalized spacial score (nSPS) is 27.8. The summed E-state index contributed by atoms with van der Waals surface area (Å²) in [6.07, 6.45) is 0.388. The SMILES string of the molecule is O=C1OC(CO)CN1c1cc(F)c(N2CC3(CC3)C3(C2)OCCO3)c(F)c1. The second kappa shape index (κ2) is 5.76. The predicted octanol–water partition coefficient (Wildman–Crippen LogP) is 1.63. The van der Waals surface area contributed by atoms with E-state index in [-0.39, 0.29) is 36.5 Å². The summed E-state index contributed by atoms with van der Waals surface area (Å²) < 4.78 is 46.4. The van der Waals surface area contributed by atoms with E-state index in [0.717, 1.165) is 29.9 Å². The van der Waals surface area contributed by atoms with Crippen LogP contribution in [0.1, 0.15) is 12.8 Å². The van der Waals surface area contributed by atoms with Crippen molar-refractivity contribution < 1.29 is 32.9 Å². The van der Waals surface area contributed by atoms with E-state index in [4.69, 9.17) is 19.3 Å². The van der Waals surface area contributed by atoms with Crippen molar-refractivity contribution in [2.75, 3.05) is 49.3 Å². The van der Waals surface area contributed by atoms with Gasteiger partial charge < -0.3 is 24.2 Å². The molecule has 1 amide bonds. The van der Waals surface area contributed by atoms with Crippen LogP contribution in [-0.4, -0.2) is 62.5 Å². The lowest BCUT2D eigenvalue weighted by molar-refractivity contribution is -0.178. The minimum Gasteiger partial charge on any atom is -0.441 e. The molecular weight excluding hydrogens is 362 g/mol. The molecule has 0 aromatic heterocycles. The first kappa shape index (κ1) is 17.2. The number of fused-ring (bicyclic) bond motifs is 1. The van der Waals surface area contributed by atoms with E-state index >= 15 is 0 Å². The van der Waals surface area contributed by atoms with Crippen molar-refractivity contribution in [1.29, 1.82) is 0 Å². The summed E-state index contributed by atoms with van der Waals surface area (Å²) in [5.74, 6) is -2.29. The number of aliphatic hydroxyl groups is 1. The highest BCUT2D eigenvalue weighted by Crippen LogP contribution is 2.62. The lowest BCUT2D eigenvalue weighted by Crippen LogP contribution is -2.40. The molecule has 3 saturated heterocycles. The van der Waals surface area contributed by atoms with Gasteiger partial charge in [0, 0.05) is 24.1 Å². The molecule has 1 atom stereocenters. The molecule has 5 rings (SSSR count). The quantitative estimate of drug-likeness (QED) is 0.857. The number of benzene rings is 1. The van der Waals surface area contributed by atoms with E-state index in [9.17, 15) is 13.6 Å². The molecule has 3 heterocycles. The Kier molecular flexibility index (Phi) is 3.66. The minimum atomic E-state index is -0.780. The highest BCUT2D eigenvalue weighted by Gasteiger charge is 2.68. The number of amides is 1. The van der Waals surface area contributed by atoms with Gasteiger partial charge in [-0.2, -0.15) is 0 Å². The largest absolute Gasteiger partial charge is 0.441 e. The van der Waals surface area contributed by atoms with Crippen LogP contribution in [0.3, 0.4) is 0 Å². The number of aliphatic hydroxyl groups excluding tert-OH is 1. The summed E-state index contributed by atoms with van der Waals surface area (Å²) in [4.78, 5) is 14.6. The third kappa shape index (κ3) is 2.45. The molecule has 3 aliphatic heterocycles. The molecule has 1 aliphatic carbocycles. The van der Waals surface area contributed by atoms with E-state index in [1.54, 1.807) is 4.90 Å². The van der Waals surface area contributed by atoms with Gasteiger partial charge in [0.05, 0.1) is 38.6 Å². The molecule has 1 unspecified atom stereocenters. The van der Waals surface area contributed by atoms with Crippen LogP contribution >= 0.6 is 0 Å². The van der Waals surface area contributed by atoms with Crippen molar-refractivity contribution >= 4 is 17.5 Å². The Bertz CT molecular complexity index is 771. The average Bonchev–Trinajstić information content (AvgIpc) is 3.00. The van der Waals surface area contributed by atoms with Crippen molar-refractivity contribution in [3.05, 3.63) is 23.8 Å². The number of halogens is 2. The van der Waals surface area contributed by atoms with Crippen LogP contribution in [0.2, 0.25) is 0 Å². The van der Waals surface area contributed by atoms with Crippen LogP contribution in [0.5, 0.6) is 0 Å². The second-order valence-electron chi connectivity index (χ2n) is 7.64. The maximum Gasteiger partial charge on any atom is 0.414 e. The number of rotatable bonds is 3. The lowest BCUT2D eigenvalue weighted by Gasteiger charge is -2.28. The molecular formula is C18H20F2N2O5. The first-order chi connectivity index (χ1) is 13.0. The Morgan fingerprint density at radius 3 is 2.37 bits per heavy atom. The van der Waals surface area contributed by atoms with Gasteiger partial charge in [0.15, 0.2) is 17.4 Å². The van der Waals surface area contributed by atoms with Crippen molar-refractivity contribution in [3.63, 3.8) is 0 Å². The summed E-state index contributed by atoms with van der Waals surface area (Å²) in [5, 5.41) is 9.12. The molecule has 0 radical (unpaired) electrons. The fourth-order valence-electron chi connectivity index (χ4n) is 4.50. The highest BCUT2D eigenvalue weighted by molar-refractivity contribution is 5.90. The summed E-state index contributed by atoms with van der Waals surface area (Å²) in [6, 6.07) is 2.25. The Hall–Kier alpha value is -1.97. The van der Waals surface area contributed by atoms with Crippen molar-refractivity contribution in [2.45, 2.75) is 24.7 Å². The first-order valence-corrected chi connectivity index (χ1v) is 9.08. The van der Waals surface area contributed by atoms with E-state index in [0.29, 0.717) is 19.8 Å². The van der Waals surface area contributed by atoms with Gasteiger partial charge in [-0.3, -0.25) is 4.90 Å².